The molecule has 1 rings (SSSR count). The van der Waals surface area contributed by atoms with Crippen LogP contribution in [-0.2, 0) is 0 Å². The minimum absolute atomic E-state index is 0.166. The van der Waals surface area contributed by atoms with E-state index in [0.29, 0.717) is 12.1 Å². The van der Waals surface area contributed by atoms with E-state index in [-0.39, 0.29) is 5.82 Å². The largest absolute Gasteiger partial charge is 0.307 e. The highest BCUT2D eigenvalue weighted by atomic mass is 32.2. The third-order valence-electron chi connectivity index (χ3n) is 3.07. The molecular weight excluding hydrogens is 245 g/mol. The van der Waals surface area contributed by atoms with E-state index < -0.39 is 0 Å². The zero-order valence-corrected chi connectivity index (χ0v) is 12.4. The third kappa shape index (κ3) is 5.40. The summed E-state index contributed by atoms with van der Waals surface area (Å²) in [7, 11) is 0. The van der Waals surface area contributed by atoms with Gasteiger partial charge in [0.15, 0.2) is 0 Å². The van der Waals surface area contributed by atoms with E-state index in [1.165, 1.54) is 35.6 Å². The first kappa shape index (κ1) is 15.5. The highest BCUT2D eigenvalue weighted by molar-refractivity contribution is 7.99. The molecule has 18 heavy (non-hydrogen) atoms. The van der Waals surface area contributed by atoms with Gasteiger partial charge >= 0.3 is 0 Å². The Balaban J connectivity index is 2.48. The summed E-state index contributed by atoms with van der Waals surface area (Å²) in [6.45, 7) is 6.58. The van der Waals surface area contributed by atoms with Crippen molar-refractivity contribution in [3.63, 3.8) is 0 Å². The maximum absolute atomic E-state index is 12.9. The fourth-order valence-electron chi connectivity index (χ4n) is 1.98. The van der Waals surface area contributed by atoms with Crippen molar-refractivity contribution in [3.8, 4) is 0 Å². The summed E-state index contributed by atoms with van der Waals surface area (Å²) in [6.07, 6.45) is 2.20. The second-order valence-corrected chi connectivity index (χ2v) is 5.96. The number of hydrogen-bond acceptors (Lipinski definition) is 2. The molecule has 0 aliphatic rings. The number of thioether (sulfide) groups is 1. The Morgan fingerprint density at radius 2 is 1.89 bits per heavy atom. The molecule has 1 nitrogen and oxygen atoms in total. The van der Waals surface area contributed by atoms with Crippen LogP contribution in [0.25, 0.3) is 0 Å². The molecule has 1 aromatic carbocycles. The minimum atomic E-state index is -0.166. The maximum atomic E-state index is 12.9. The van der Waals surface area contributed by atoms with Gasteiger partial charge in [0, 0.05) is 12.1 Å². The van der Waals surface area contributed by atoms with Gasteiger partial charge in [0.05, 0.1) is 0 Å². The van der Waals surface area contributed by atoms with Crippen molar-refractivity contribution in [2.45, 2.75) is 45.7 Å². The molecule has 0 aromatic heterocycles. The van der Waals surface area contributed by atoms with Crippen molar-refractivity contribution in [3.05, 3.63) is 35.6 Å². The zero-order valence-electron chi connectivity index (χ0n) is 11.6. The van der Waals surface area contributed by atoms with E-state index in [4.69, 9.17) is 0 Å². The molecule has 3 heteroatoms. The summed E-state index contributed by atoms with van der Waals surface area (Å²) in [5.41, 5.74) is 1.17. The average molecular weight is 269 g/mol. The van der Waals surface area contributed by atoms with Crippen molar-refractivity contribution < 1.29 is 4.39 Å². The van der Waals surface area contributed by atoms with Crippen LogP contribution in [0.4, 0.5) is 4.39 Å². The molecule has 0 aliphatic carbocycles. The molecule has 0 saturated heterocycles. The third-order valence-corrected chi connectivity index (χ3v) is 4.00. The summed E-state index contributed by atoms with van der Waals surface area (Å²) in [5, 5.41) is 3.63. The summed E-state index contributed by atoms with van der Waals surface area (Å²) < 4.78 is 12.9. The van der Waals surface area contributed by atoms with Gasteiger partial charge in [-0.15, -0.1) is 0 Å². The molecule has 0 bridgehead atoms. The Labute approximate surface area is 115 Å². The van der Waals surface area contributed by atoms with Gasteiger partial charge in [-0.2, -0.15) is 11.8 Å². The smallest absolute Gasteiger partial charge is 0.123 e. The fourth-order valence-corrected chi connectivity index (χ4v) is 2.78. The van der Waals surface area contributed by atoms with E-state index >= 15 is 0 Å². The first-order valence-corrected chi connectivity index (χ1v) is 7.92. The lowest BCUT2D eigenvalue weighted by Crippen LogP contribution is -2.30. The predicted molar refractivity (Wildman–Crippen MR) is 79.6 cm³/mol. The SMILES string of the molecule is CCSCCC(C)NC(CC)c1ccc(F)cc1. The highest BCUT2D eigenvalue weighted by Gasteiger charge is 2.12. The topological polar surface area (TPSA) is 12.0 Å². The lowest BCUT2D eigenvalue weighted by atomic mass is 10.0. The summed E-state index contributed by atoms with van der Waals surface area (Å²) in [5.74, 6) is 2.22. The number of hydrogen-bond donors (Lipinski definition) is 1. The summed E-state index contributed by atoms with van der Waals surface area (Å²) in [4.78, 5) is 0. The van der Waals surface area contributed by atoms with Crippen LogP contribution in [-0.4, -0.2) is 17.5 Å². The first-order valence-electron chi connectivity index (χ1n) is 6.76. The fraction of sp³-hybridized carbons (Fsp3) is 0.600. The number of nitrogens with one attached hydrogen (secondary N) is 1. The van der Waals surface area contributed by atoms with Crippen LogP contribution in [0.5, 0.6) is 0 Å². The number of benzene rings is 1. The summed E-state index contributed by atoms with van der Waals surface area (Å²) >= 11 is 1.98. The van der Waals surface area contributed by atoms with E-state index in [9.17, 15) is 4.39 Å². The lowest BCUT2D eigenvalue weighted by Gasteiger charge is -2.22. The van der Waals surface area contributed by atoms with E-state index in [1.54, 1.807) is 0 Å². The Bertz CT molecular complexity index is 326. The monoisotopic (exact) mass is 269 g/mol. The lowest BCUT2D eigenvalue weighted by molar-refractivity contribution is 0.438. The number of halogens is 1. The van der Waals surface area contributed by atoms with Gasteiger partial charge < -0.3 is 5.32 Å². The van der Waals surface area contributed by atoms with Crippen LogP contribution in [0.15, 0.2) is 24.3 Å². The molecule has 102 valence electrons. The van der Waals surface area contributed by atoms with Gasteiger partial charge in [0.2, 0.25) is 0 Å². The summed E-state index contributed by atoms with van der Waals surface area (Å²) in [6, 6.07) is 7.66. The van der Waals surface area contributed by atoms with Gasteiger partial charge in [0.1, 0.15) is 5.82 Å². The molecule has 2 unspecified atom stereocenters. The van der Waals surface area contributed by atoms with Crippen molar-refractivity contribution in [2.24, 2.45) is 0 Å². The van der Waals surface area contributed by atoms with E-state index in [0.717, 1.165) is 6.42 Å². The molecule has 0 fully saturated rings. The van der Waals surface area contributed by atoms with E-state index in [2.05, 4.69) is 26.1 Å². The second-order valence-electron chi connectivity index (χ2n) is 4.57. The molecule has 0 aliphatic heterocycles. The normalized spacial score (nSPS) is 14.4. The Kier molecular flexibility index (Phi) is 7.36. The van der Waals surface area contributed by atoms with Gasteiger partial charge in [0.25, 0.3) is 0 Å². The molecule has 0 amide bonds. The van der Waals surface area contributed by atoms with Crippen molar-refractivity contribution in [2.75, 3.05) is 11.5 Å². The Morgan fingerprint density at radius 3 is 2.44 bits per heavy atom. The standard InChI is InChI=1S/C15H24FNS/c1-4-15(13-6-8-14(16)9-7-13)17-12(3)10-11-18-5-2/h6-9,12,15,17H,4-5,10-11H2,1-3H3. The van der Waals surface area contributed by atoms with Crippen LogP contribution in [0.3, 0.4) is 0 Å². The van der Waals surface area contributed by atoms with Crippen LogP contribution in [0.2, 0.25) is 0 Å². The van der Waals surface area contributed by atoms with Crippen LogP contribution < -0.4 is 5.32 Å². The van der Waals surface area contributed by atoms with Gasteiger partial charge in [-0.3, -0.25) is 0 Å². The molecular formula is C15H24FNS. The first-order chi connectivity index (χ1) is 8.67. The molecule has 0 spiro atoms. The molecule has 1 aromatic rings. The van der Waals surface area contributed by atoms with Gasteiger partial charge in [-0.25, -0.2) is 4.39 Å². The zero-order chi connectivity index (χ0) is 13.4. The van der Waals surface area contributed by atoms with Crippen LogP contribution in [0.1, 0.15) is 45.2 Å². The molecule has 0 heterocycles. The van der Waals surface area contributed by atoms with Crippen molar-refractivity contribution in [1.29, 1.82) is 0 Å². The van der Waals surface area contributed by atoms with Crippen LogP contribution >= 0.6 is 11.8 Å². The molecule has 0 saturated carbocycles. The second kappa shape index (κ2) is 8.54. The molecule has 1 N–H and O–H groups in total. The maximum Gasteiger partial charge on any atom is 0.123 e. The van der Waals surface area contributed by atoms with Gasteiger partial charge in [-0.1, -0.05) is 26.0 Å². The molecule has 0 radical (unpaired) electrons. The quantitative estimate of drug-likeness (QED) is 0.702. The minimum Gasteiger partial charge on any atom is -0.307 e. The highest BCUT2D eigenvalue weighted by Crippen LogP contribution is 2.18. The van der Waals surface area contributed by atoms with Crippen molar-refractivity contribution >= 4 is 11.8 Å². The van der Waals surface area contributed by atoms with Gasteiger partial charge in [-0.05, 0) is 49.0 Å². The van der Waals surface area contributed by atoms with Crippen molar-refractivity contribution in [1.82, 2.24) is 5.32 Å². The Morgan fingerprint density at radius 1 is 1.22 bits per heavy atom. The van der Waals surface area contributed by atoms with E-state index in [1.807, 2.05) is 23.9 Å². The van der Waals surface area contributed by atoms with Crippen LogP contribution in [0, 0.1) is 5.82 Å². The predicted octanol–water partition coefficient (Wildman–Crippen LogP) is 4.40. The Hall–Kier alpha value is -0.540. The number of rotatable bonds is 8. The average Bonchev–Trinajstić information content (AvgIpc) is 2.37. The molecule has 2 atom stereocenters.